The monoisotopic (exact) mass is 450 g/mol. The van der Waals surface area contributed by atoms with Crippen molar-refractivity contribution < 1.29 is 8.42 Å². The summed E-state index contributed by atoms with van der Waals surface area (Å²) in [5, 5.41) is 12.5. The molecule has 10 heteroatoms. The predicted molar refractivity (Wildman–Crippen MR) is 121 cm³/mol. The molecule has 0 spiro atoms. The second kappa shape index (κ2) is 10.1. The summed E-state index contributed by atoms with van der Waals surface area (Å²) in [7, 11) is -3.24. The third-order valence-electron chi connectivity index (χ3n) is 4.78. The number of benzene rings is 1. The van der Waals surface area contributed by atoms with Crippen LogP contribution in [0.4, 0.5) is 17.5 Å². The Bertz CT molecular complexity index is 1040. The Balaban J connectivity index is 0.00000320. The number of sulfonamides is 1. The highest BCUT2D eigenvalue weighted by Crippen LogP contribution is 2.24. The maximum absolute atomic E-state index is 11.5. The molecule has 30 heavy (non-hydrogen) atoms. The quantitative estimate of drug-likeness (QED) is 0.667. The molecule has 0 radical (unpaired) electrons. The van der Waals surface area contributed by atoms with Crippen molar-refractivity contribution in [3.05, 3.63) is 41.1 Å². The van der Waals surface area contributed by atoms with Crippen molar-refractivity contribution in [2.24, 2.45) is 0 Å². The highest BCUT2D eigenvalue weighted by atomic mass is 35.5. The van der Waals surface area contributed by atoms with E-state index in [2.05, 4.69) is 37.9 Å². The fourth-order valence-corrected chi connectivity index (χ4v) is 4.20. The Morgan fingerprint density at radius 3 is 2.73 bits per heavy atom. The number of nitrogens with one attached hydrogen (secondary N) is 2. The third-order valence-corrected chi connectivity index (χ3v) is 5.54. The molecule has 1 fully saturated rings. The minimum absolute atomic E-state index is 0. The molecule has 1 aromatic carbocycles. The van der Waals surface area contributed by atoms with E-state index >= 15 is 0 Å². The van der Waals surface area contributed by atoms with Gasteiger partial charge in [-0.05, 0) is 37.5 Å². The van der Waals surface area contributed by atoms with Gasteiger partial charge in [-0.25, -0.2) is 18.1 Å². The van der Waals surface area contributed by atoms with E-state index in [-0.39, 0.29) is 18.4 Å². The molecule has 162 valence electrons. The van der Waals surface area contributed by atoms with Crippen LogP contribution in [0.15, 0.2) is 24.3 Å². The first-order valence-corrected chi connectivity index (χ1v) is 11.5. The molecular weight excluding hydrogens is 424 g/mol. The van der Waals surface area contributed by atoms with Gasteiger partial charge in [-0.1, -0.05) is 19.4 Å². The van der Waals surface area contributed by atoms with Crippen LogP contribution in [0.3, 0.4) is 0 Å². The van der Waals surface area contributed by atoms with Crippen molar-refractivity contribution in [3.63, 3.8) is 0 Å². The molecule has 1 saturated heterocycles. The Hall–Kier alpha value is -2.41. The number of rotatable bonds is 7. The molecule has 2 N–H and O–H groups in total. The minimum atomic E-state index is -3.24. The number of nitriles is 1. The van der Waals surface area contributed by atoms with E-state index in [0.717, 1.165) is 48.6 Å². The zero-order valence-electron chi connectivity index (χ0n) is 17.3. The molecule has 0 aliphatic carbocycles. The lowest BCUT2D eigenvalue weighted by atomic mass is 10.1. The van der Waals surface area contributed by atoms with Crippen molar-refractivity contribution in [3.8, 4) is 6.07 Å². The lowest BCUT2D eigenvalue weighted by Crippen LogP contribution is -2.36. The molecule has 8 nitrogen and oxygen atoms in total. The molecule has 1 aliphatic rings. The molecule has 2 aromatic rings. The normalized spacial score (nSPS) is 16.1. The summed E-state index contributed by atoms with van der Waals surface area (Å²) in [6, 6.07) is 9.60. The van der Waals surface area contributed by atoms with Gasteiger partial charge in [0.1, 0.15) is 5.82 Å². The lowest BCUT2D eigenvalue weighted by molar-refractivity contribution is 0.567. The van der Waals surface area contributed by atoms with Crippen molar-refractivity contribution in [1.29, 1.82) is 5.26 Å². The second-order valence-electron chi connectivity index (χ2n) is 7.38. The van der Waals surface area contributed by atoms with Gasteiger partial charge in [0.25, 0.3) is 0 Å². The number of halogens is 1. The SMILES string of the molecule is CCCc1cc(N2CC[C@H](NS(C)(=O)=O)C2)nc(Nc2ccc(C)c(C#N)c2)n1.Cl. The first kappa shape index (κ1) is 23.9. The molecule has 1 aliphatic heterocycles. The topological polar surface area (TPSA) is 111 Å². The fourth-order valence-electron chi connectivity index (χ4n) is 3.40. The van der Waals surface area contributed by atoms with Crippen molar-refractivity contribution in [1.82, 2.24) is 14.7 Å². The maximum Gasteiger partial charge on any atom is 0.229 e. The molecule has 1 aromatic heterocycles. The minimum Gasteiger partial charge on any atom is -0.355 e. The number of aryl methyl sites for hydroxylation is 2. The Morgan fingerprint density at radius 2 is 2.07 bits per heavy atom. The highest BCUT2D eigenvalue weighted by Gasteiger charge is 2.26. The van der Waals surface area contributed by atoms with Crippen molar-refractivity contribution in [2.45, 2.75) is 39.2 Å². The van der Waals surface area contributed by atoms with E-state index in [9.17, 15) is 13.7 Å². The van der Waals surface area contributed by atoms with E-state index in [0.29, 0.717) is 18.1 Å². The van der Waals surface area contributed by atoms with E-state index in [1.54, 1.807) is 6.07 Å². The molecule has 0 unspecified atom stereocenters. The molecule has 1 atom stereocenters. The molecule has 0 bridgehead atoms. The molecule has 0 amide bonds. The van der Waals surface area contributed by atoms with Gasteiger partial charge in [0, 0.05) is 36.6 Å². The van der Waals surface area contributed by atoms with Gasteiger partial charge in [0.05, 0.1) is 17.9 Å². The molecule has 0 saturated carbocycles. The van der Waals surface area contributed by atoms with Gasteiger partial charge in [-0.15, -0.1) is 12.4 Å². The van der Waals surface area contributed by atoms with Crippen LogP contribution in [0, 0.1) is 18.3 Å². The Morgan fingerprint density at radius 1 is 1.30 bits per heavy atom. The maximum atomic E-state index is 11.5. The van der Waals surface area contributed by atoms with Crippen LogP contribution < -0.4 is 14.9 Å². The van der Waals surface area contributed by atoms with E-state index in [1.165, 1.54) is 6.26 Å². The smallest absolute Gasteiger partial charge is 0.229 e. The summed E-state index contributed by atoms with van der Waals surface area (Å²) in [6.45, 7) is 5.28. The summed E-state index contributed by atoms with van der Waals surface area (Å²) in [6.07, 6.45) is 3.68. The zero-order valence-corrected chi connectivity index (χ0v) is 19.0. The number of aromatic nitrogens is 2. The number of hydrogen-bond acceptors (Lipinski definition) is 7. The lowest BCUT2D eigenvalue weighted by Gasteiger charge is -2.19. The van der Waals surface area contributed by atoms with Crippen molar-refractivity contribution in [2.75, 3.05) is 29.6 Å². The van der Waals surface area contributed by atoms with Gasteiger partial charge in [-0.2, -0.15) is 10.2 Å². The number of hydrogen-bond donors (Lipinski definition) is 2. The van der Waals surface area contributed by atoms with Gasteiger partial charge in [0.2, 0.25) is 16.0 Å². The average Bonchev–Trinajstić information content (AvgIpc) is 3.10. The van der Waals surface area contributed by atoms with Gasteiger partial charge >= 0.3 is 0 Å². The largest absolute Gasteiger partial charge is 0.355 e. The van der Waals surface area contributed by atoms with Crippen LogP contribution in [0.5, 0.6) is 0 Å². The van der Waals surface area contributed by atoms with Gasteiger partial charge < -0.3 is 10.2 Å². The predicted octanol–water partition coefficient (Wildman–Crippen LogP) is 2.90. The van der Waals surface area contributed by atoms with Gasteiger partial charge in [-0.3, -0.25) is 0 Å². The Labute approximate surface area is 184 Å². The summed E-state index contributed by atoms with van der Waals surface area (Å²) in [5.74, 6) is 1.24. The van der Waals surface area contributed by atoms with E-state index < -0.39 is 10.0 Å². The third kappa shape index (κ3) is 6.29. The summed E-state index contributed by atoms with van der Waals surface area (Å²) >= 11 is 0. The Kier molecular flexibility index (Phi) is 8.01. The van der Waals surface area contributed by atoms with Crippen LogP contribution in [0.1, 0.15) is 36.6 Å². The first-order valence-electron chi connectivity index (χ1n) is 9.65. The van der Waals surface area contributed by atoms with Crippen LogP contribution in [-0.4, -0.2) is 43.8 Å². The van der Waals surface area contributed by atoms with E-state index in [4.69, 9.17) is 0 Å². The first-order chi connectivity index (χ1) is 13.8. The summed E-state index contributed by atoms with van der Waals surface area (Å²) in [4.78, 5) is 11.3. The molecule has 3 rings (SSSR count). The van der Waals surface area contributed by atoms with Crippen LogP contribution in [0.25, 0.3) is 0 Å². The number of anilines is 3. The summed E-state index contributed by atoms with van der Waals surface area (Å²) in [5.41, 5.74) is 3.20. The molecule has 2 heterocycles. The standard InChI is InChI=1S/C20H26N6O2S.ClH/c1-4-5-16-11-19(26-9-8-18(13-26)25-29(3,27)28)24-20(22-16)23-17-7-6-14(2)15(10-17)12-21;/h6-7,10-11,18,25H,4-5,8-9,13H2,1-3H3,(H,22,23,24);1H/t18-;/m0./s1. The van der Waals surface area contributed by atoms with Crippen LogP contribution in [0.2, 0.25) is 0 Å². The zero-order chi connectivity index (χ0) is 21.0. The second-order valence-corrected chi connectivity index (χ2v) is 9.16. The highest BCUT2D eigenvalue weighted by molar-refractivity contribution is 7.88. The average molecular weight is 451 g/mol. The van der Waals surface area contributed by atoms with Crippen molar-refractivity contribution >= 4 is 39.9 Å². The number of nitrogens with zero attached hydrogens (tertiary/aromatic N) is 4. The van der Waals surface area contributed by atoms with Crippen LogP contribution in [-0.2, 0) is 16.4 Å². The molecular formula is C20H27ClN6O2S. The van der Waals surface area contributed by atoms with Gasteiger partial charge in [0.15, 0.2) is 0 Å². The van der Waals surface area contributed by atoms with Crippen LogP contribution >= 0.6 is 12.4 Å². The summed E-state index contributed by atoms with van der Waals surface area (Å²) < 4.78 is 25.7. The fraction of sp³-hybridized carbons (Fsp3) is 0.450. The van der Waals surface area contributed by atoms with E-state index in [1.807, 2.05) is 25.1 Å².